The second-order valence-corrected chi connectivity index (χ2v) is 6.35. The Morgan fingerprint density at radius 2 is 1.62 bits per heavy atom. The lowest BCUT2D eigenvalue weighted by atomic mass is 9.87. The fraction of sp³-hybridized carbons (Fsp3) is 1.00. The van der Waals surface area contributed by atoms with Gasteiger partial charge >= 0.3 is 0 Å². The van der Waals surface area contributed by atoms with Gasteiger partial charge in [0.05, 0.1) is 0 Å². The second-order valence-electron chi connectivity index (χ2n) is 6.35. The van der Waals surface area contributed by atoms with E-state index < -0.39 is 0 Å². The summed E-state index contributed by atoms with van der Waals surface area (Å²) in [6, 6.07) is 1.58. The van der Waals surface area contributed by atoms with Crippen LogP contribution < -0.4 is 5.32 Å². The van der Waals surface area contributed by atoms with Gasteiger partial charge in [0.2, 0.25) is 0 Å². The van der Waals surface area contributed by atoms with Crippen LogP contribution in [0.15, 0.2) is 0 Å². The Labute approximate surface area is 82.3 Å². The van der Waals surface area contributed by atoms with Crippen LogP contribution in [0.4, 0.5) is 0 Å². The highest BCUT2D eigenvalue weighted by Gasteiger charge is 2.48. The van der Waals surface area contributed by atoms with Crippen molar-refractivity contribution in [3.8, 4) is 0 Å². The maximum atomic E-state index is 3.83. The van der Waals surface area contributed by atoms with Gasteiger partial charge in [-0.05, 0) is 30.1 Å². The van der Waals surface area contributed by atoms with Crippen molar-refractivity contribution in [3.63, 3.8) is 0 Å². The molecule has 0 aliphatic heterocycles. The molecule has 0 spiro atoms. The fourth-order valence-electron chi connectivity index (χ4n) is 2.63. The minimum Gasteiger partial charge on any atom is -0.310 e. The molecule has 0 bridgehead atoms. The predicted octanol–water partition coefficient (Wildman–Crippen LogP) is 2.95. The summed E-state index contributed by atoms with van der Waals surface area (Å²) in [5, 5.41) is 3.83. The van der Waals surface area contributed by atoms with Gasteiger partial charge in [0, 0.05) is 12.1 Å². The second kappa shape index (κ2) is 2.73. The van der Waals surface area contributed by atoms with Gasteiger partial charge in [-0.2, -0.15) is 0 Å². The van der Waals surface area contributed by atoms with Crippen molar-refractivity contribution in [3.05, 3.63) is 0 Å². The summed E-state index contributed by atoms with van der Waals surface area (Å²) in [4.78, 5) is 0. The highest BCUT2D eigenvalue weighted by molar-refractivity contribution is 5.05. The van der Waals surface area contributed by atoms with Gasteiger partial charge in [0.25, 0.3) is 0 Å². The maximum Gasteiger partial charge on any atom is 0.0127 e. The van der Waals surface area contributed by atoms with E-state index in [0.717, 1.165) is 12.1 Å². The number of hydrogen-bond donors (Lipinski definition) is 1. The van der Waals surface area contributed by atoms with Crippen molar-refractivity contribution in [2.45, 2.75) is 65.5 Å². The van der Waals surface area contributed by atoms with E-state index in [4.69, 9.17) is 0 Å². The molecule has 2 atom stereocenters. The molecule has 0 amide bonds. The van der Waals surface area contributed by atoms with Gasteiger partial charge in [0.1, 0.15) is 0 Å². The number of hydrogen-bond acceptors (Lipinski definition) is 1. The molecule has 13 heavy (non-hydrogen) atoms. The lowest BCUT2D eigenvalue weighted by Gasteiger charge is -2.28. The Balaban J connectivity index is 1.89. The van der Waals surface area contributed by atoms with Crippen LogP contribution in [0, 0.1) is 10.8 Å². The van der Waals surface area contributed by atoms with E-state index in [1.807, 2.05) is 0 Å². The summed E-state index contributed by atoms with van der Waals surface area (Å²) in [6.45, 7) is 9.55. The standard InChI is InChI=1S/C12H23N/c1-11(2)7-5-6-9(11)13-10-8-12(10,3)4/h9-10,13H,5-8H2,1-4H3. The highest BCUT2D eigenvalue weighted by Crippen LogP contribution is 2.47. The normalized spacial score (nSPS) is 40.6. The van der Waals surface area contributed by atoms with Crippen molar-refractivity contribution >= 4 is 0 Å². The Kier molecular flexibility index (Phi) is 1.99. The van der Waals surface area contributed by atoms with Crippen LogP contribution in [0.25, 0.3) is 0 Å². The van der Waals surface area contributed by atoms with Crippen LogP contribution in [0.3, 0.4) is 0 Å². The summed E-state index contributed by atoms with van der Waals surface area (Å²) < 4.78 is 0. The molecule has 0 radical (unpaired) electrons. The van der Waals surface area contributed by atoms with Crippen LogP contribution in [-0.4, -0.2) is 12.1 Å². The number of rotatable bonds is 2. The fourth-order valence-corrected chi connectivity index (χ4v) is 2.63. The largest absolute Gasteiger partial charge is 0.310 e. The lowest BCUT2D eigenvalue weighted by Crippen LogP contribution is -2.40. The Morgan fingerprint density at radius 3 is 2.00 bits per heavy atom. The average Bonchev–Trinajstić information content (AvgIpc) is 2.41. The molecular formula is C12H23N. The van der Waals surface area contributed by atoms with Gasteiger partial charge in [-0.25, -0.2) is 0 Å². The van der Waals surface area contributed by atoms with E-state index in [0.29, 0.717) is 10.8 Å². The molecule has 76 valence electrons. The first kappa shape index (κ1) is 9.51. The van der Waals surface area contributed by atoms with E-state index in [2.05, 4.69) is 33.0 Å². The SMILES string of the molecule is CC1(C)CCCC1NC1CC1(C)C. The molecule has 0 heterocycles. The van der Waals surface area contributed by atoms with Crippen molar-refractivity contribution in [1.29, 1.82) is 0 Å². The average molecular weight is 181 g/mol. The molecule has 1 nitrogen and oxygen atoms in total. The zero-order valence-corrected chi connectivity index (χ0v) is 9.48. The molecule has 1 heteroatoms. The van der Waals surface area contributed by atoms with Gasteiger partial charge in [-0.3, -0.25) is 0 Å². The van der Waals surface area contributed by atoms with Crippen LogP contribution in [-0.2, 0) is 0 Å². The molecule has 0 aromatic heterocycles. The third-order valence-corrected chi connectivity index (χ3v) is 4.17. The molecule has 2 aliphatic rings. The summed E-state index contributed by atoms with van der Waals surface area (Å²) in [6.07, 6.45) is 5.58. The van der Waals surface area contributed by atoms with Crippen molar-refractivity contribution in [2.24, 2.45) is 10.8 Å². The molecule has 0 saturated heterocycles. The third kappa shape index (κ3) is 1.76. The quantitative estimate of drug-likeness (QED) is 0.690. The maximum absolute atomic E-state index is 3.83. The molecule has 0 aromatic carbocycles. The minimum atomic E-state index is 0.540. The topological polar surface area (TPSA) is 12.0 Å². The summed E-state index contributed by atoms with van der Waals surface area (Å²) >= 11 is 0. The first-order chi connectivity index (χ1) is 5.92. The Bertz CT molecular complexity index is 205. The molecule has 2 rings (SSSR count). The lowest BCUT2D eigenvalue weighted by molar-refractivity contribution is 0.274. The molecule has 2 unspecified atom stereocenters. The minimum absolute atomic E-state index is 0.540. The zero-order valence-electron chi connectivity index (χ0n) is 9.48. The van der Waals surface area contributed by atoms with Crippen molar-refractivity contribution < 1.29 is 0 Å². The first-order valence-corrected chi connectivity index (χ1v) is 5.68. The van der Waals surface area contributed by atoms with Gasteiger partial charge in [-0.1, -0.05) is 34.1 Å². The van der Waals surface area contributed by atoms with Gasteiger partial charge in [0.15, 0.2) is 0 Å². The summed E-state index contributed by atoms with van der Waals surface area (Å²) in [5.74, 6) is 0. The zero-order chi connectivity index (χ0) is 9.69. The van der Waals surface area contributed by atoms with Crippen LogP contribution >= 0.6 is 0 Å². The van der Waals surface area contributed by atoms with E-state index in [1.165, 1.54) is 25.7 Å². The molecule has 1 N–H and O–H groups in total. The monoisotopic (exact) mass is 181 g/mol. The van der Waals surface area contributed by atoms with E-state index in [9.17, 15) is 0 Å². The van der Waals surface area contributed by atoms with Crippen LogP contribution in [0.2, 0.25) is 0 Å². The van der Waals surface area contributed by atoms with E-state index in [1.54, 1.807) is 0 Å². The number of nitrogens with one attached hydrogen (secondary N) is 1. The molecular weight excluding hydrogens is 158 g/mol. The summed E-state index contributed by atoms with van der Waals surface area (Å²) in [5.41, 5.74) is 1.12. The highest BCUT2D eigenvalue weighted by atomic mass is 15.0. The smallest absolute Gasteiger partial charge is 0.0127 e. The van der Waals surface area contributed by atoms with Crippen LogP contribution in [0.5, 0.6) is 0 Å². The van der Waals surface area contributed by atoms with Gasteiger partial charge < -0.3 is 5.32 Å². The summed E-state index contributed by atoms with van der Waals surface area (Å²) in [7, 11) is 0. The predicted molar refractivity (Wildman–Crippen MR) is 56.7 cm³/mol. The third-order valence-electron chi connectivity index (χ3n) is 4.17. The van der Waals surface area contributed by atoms with E-state index >= 15 is 0 Å². The van der Waals surface area contributed by atoms with Crippen molar-refractivity contribution in [2.75, 3.05) is 0 Å². The molecule has 2 fully saturated rings. The van der Waals surface area contributed by atoms with Gasteiger partial charge in [-0.15, -0.1) is 0 Å². The molecule has 2 aliphatic carbocycles. The first-order valence-electron chi connectivity index (χ1n) is 5.68. The Hall–Kier alpha value is -0.0400. The molecule has 0 aromatic rings. The van der Waals surface area contributed by atoms with Crippen LogP contribution in [0.1, 0.15) is 53.4 Å². The Morgan fingerprint density at radius 1 is 1.00 bits per heavy atom. The van der Waals surface area contributed by atoms with E-state index in [-0.39, 0.29) is 0 Å². The molecule has 2 saturated carbocycles. The van der Waals surface area contributed by atoms with Crippen molar-refractivity contribution in [1.82, 2.24) is 5.32 Å².